The Labute approximate surface area is 140 Å². The van der Waals surface area contributed by atoms with Gasteiger partial charge in [-0.1, -0.05) is 31.0 Å². The van der Waals surface area contributed by atoms with Gasteiger partial charge in [0.05, 0.1) is 12.2 Å². The Hall–Kier alpha value is -2.34. The van der Waals surface area contributed by atoms with Crippen LogP contribution in [0, 0.1) is 0 Å². The van der Waals surface area contributed by atoms with Crippen molar-refractivity contribution < 1.29 is 19.4 Å². The van der Waals surface area contributed by atoms with Crippen molar-refractivity contribution in [2.24, 2.45) is 0 Å². The number of nitrogens with one attached hydrogen (secondary N) is 1. The molecule has 3 rings (SSSR count). The first-order valence-electron chi connectivity index (χ1n) is 8.20. The Morgan fingerprint density at radius 2 is 2.00 bits per heavy atom. The highest BCUT2D eigenvalue weighted by molar-refractivity contribution is 6.08. The maximum atomic E-state index is 12.8. The highest BCUT2D eigenvalue weighted by Gasteiger charge is 2.43. The monoisotopic (exact) mass is 330 g/mol. The van der Waals surface area contributed by atoms with E-state index >= 15 is 0 Å². The fourth-order valence-corrected chi connectivity index (χ4v) is 3.46. The molecule has 1 aromatic heterocycles. The first-order chi connectivity index (χ1) is 11.6. The van der Waals surface area contributed by atoms with Crippen LogP contribution < -0.4 is 5.32 Å². The number of carboxylic acid groups (broad SMARTS) is 1. The van der Waals surface area contributed by atoms with E-state index in [4.69, 9.17) is 4.74 Å². The van der Waals surface area contributed by atoms with Crippen LogP contribution in [0.3, 0.4) is 0 Å². The molecule has 1 aromatic carbocycles. The van der Waals surface area contributed by atoms with E-state index in [9.17, 15) is 14.7 Å². The fraction of sp³-hybridized carbons (Fsp3) is 0.444. The van der Waals surface area contributed by atoms with Gasteiger partial charge in [0.15, 0.2) is 0 Å². The van der Waals surface area contributed by atoms with Gasteiger partial charge < -0.3 is 19.7 Å². The zero-order valence-electron chi connectivity index (χ0n) is 13.7. The first kappa shape index (κ1) is 16.5. The van der Waals surface area contributed by atoms with Gasteiger partial charge in [-0.15, -0.1) is 0 Å². The molecule has 0 saturated heterocycles. The maximum Gasteiger partial charge on any atom is 0.329 e. The quantitative estimate of drug-likeness (QED) is 0.852. The largest absolute Gasteiger partial charge is 0.480 e. The number of nitrogens with zero attached hydrogens (tertiary/aromatic N) is 1. The summed E-state index contributed by atoms with van der Waals surface area (Å²) in [6.45, 7) is 1.17. The van der Waals surface area contributed by atoms with Crippen LogP contribution in [0.4, 0.5) is 0 Å². The molecule has 1 saturated carbocycles. The molecule has 0 aliphatic heterocycles. The Bertz CT molecular complexity index is 759. The molecule has 2 aromatic rings. The molecule has 1 heterocycles. The number of methoxy groups -OCH3 is 1. The van der Waals surface area contributed by atoms with Gasteiger partial charge >= 0.3 is 5.97 Å². The Morgan fingerprint density at radius 3 is 2.67 bits per heavy atom. The standard InChI is InChI=1S/C18H22N2O4/c1-24-11-10-20-12-14(13-6-2-3-7-15(13)20)16(21)19-18(17(22)23)8-4-5-9-18/h2-3,6-7,12H,4-5,8-11H2,1H3,(H,19,21)(H,22,23). The summed E-state index contributed by atoms with van der Waals surface area (Å²) in [6.07, 6.45) is 4.39. The first-order valence-corrected chi connectivity index (χ1v) is 8.20. The number of rotatable bonds is 6. The van der Waals surface area contributed by atoms with Crippen molar-refractivity contribution in [2.45, 2.75) is 37.8 Å². The normalized spacial score (nSPS) is 16.4. The minimum Gasteiger partial charge on any atom is -0.480 e. The smallest absolute Gasteiger partial charge is 0.329 e. The maximum absolute atomic E-state index is 12.8. The second-order valence-electron chi connectivity index (χ2n) is 6.29. The molecule has 128 valence electrons. The van der Waals surface area contributed by atoms with E-state index in [0.717, 1.165) is 23.7 Å². The topological polar surface area (TPSA) is 80.6 Å². The van der Waals surface area contributed by atoms with Crippen LogP contribution in [0.5, 0.6) is 0 Å². The Balaban J connectivity index is 1.93. The lowest BCUT2D eigenvalue weighted by molar-refractivity contribution is -0.144. The van der Waals surface area contributed by atoms with Gasteiger partial charge in [0.1, 0.15) is 5.54 Å². The molecule has 0 atom stereocenters. The van der Waals surface area contributed by atoms with Crippen molar-refractivity contribution in [3.63, 3.8) is 0 Å². The highest BCUT2D eigenvalue weighted by Crippen LogP contribution is 2.31. The van der Waals surface area contributed by atoms with Crippen molar-refractivity contribution in [1.82, 2.24) is 9.88 Å². The van der Waals surface area contributed by atoms with Crippen molar-refractivity contribution in [3.05, 3.63) is 36.0 Å². The van der Waals surface area contributed by atoms with Gasteiger partial charge in [0, 0.05) is 30.8 Å². The SMILES string of the molecule is COCCn1cc(C(=O)NC2(C(=O)O)CCCC2)c2ccccc21. The number of hydrogen-bond acceptors (Lipinski definition) is 3. The molecule has 24 heavy (non-hydrogen) atoms. The zero-order valence-corrected chi connectivity index (χ0v) is 13.7. The molecule has 1 aliphatic rings. The third kappa shape index (κ3) is 2.89. The number of para-hydroxylation sites is 1. The molecule has 2 N–H and O–H groups in total. The van der Waals surface area contributed by atoms with Crippen LogP contribution in [0.25, 0.3) is 10.9 Å². The lowest BCUT2D eigenvalue weighted by Crippen LogP contribution is -2.52. The summed E-state index contributed by atoms with van der Waals surface area (Å²) in [5.41, 5.74) is 0.317. The van der Waals surface area contributed by atoms with Crippen LogP contribution in [-0.2, 0) is 16.1 Å². The molecule has 0 bridgehead atoms. The Kier molecular flexibility index (Phi) is 4.57. The fourth-order valence-electron chi connectivity index (χ4n) is 3.46. The second-order valence-corrected chi connectivity index (χ2v) is 6.29. The minimum absolute atomic E-state index is 0.327. The Morgan fingerprint density at radius 1 is 1.29 bits per heavy atom. The van der Waals surface area contributed by atoms with Gasteiger partial charge in [-0.2, -0.15) is 0 Å². The molecule has 0 unspecified atom stereocenters. The van der Waals surface area contributed by atoms with Gasteiger partial charge in [-0.05, 0) is 18.9 Å². The van der Waals surface area contributed by atoms with E-state index in [1.54, 1.807) is 13.3 Å². The predicted molar refractivity (Wildman–Crippen MR) is 90.1 cm³/mol. The lowest BCUT2D eigenvalue weighted by Gasteiger charge is -2.25. The van der Waals surface area contributed by atoms with Gasteiger partial charge in [-0.25, -0.2) is 4.79 Å². The summed E-state index contributed by atoms with van der Waals surface area (Å²) in [5.74, 6) is -1.27. The molecule has 1 amide bonds. The summed E-state index contributed by atoms with van der Waals surface area (Å²) in [5, 5.41) is 13.2. The highest BCUT2D eigenvalue weighted by atomic mass is 16.5. The van der Waals surface area contributed by atoms with Crippen LogP contribution in [0.15, 0.2) is 30.5 Å². The number of ether oxygens (including phenoxy) is 1. The van der Waals surface area contributed by atoms with Gasteiger partial charge in [0.2, 0.25) is 0 Å². The van der Waals surface area contributed by atoms with Gasteiger partial charge in [-0.3, -0.25) is 4.79 Å². The number of carbonyl (C=O) groups is 2. The number of benzene rings is 1. The number of aliphatic carboxylic acids is 1. The van der Waals surface area contributed by atoms with Crippen molar-refractivity contribution in [1.29, 1.82) is 0 Å². The molecule has 1 fully saturated rings. The third-order valence-corrected chi connectivity index (χ3v) is 4.79. The van der Waals surface area contributed by atoms with Crippen molar-refractivity contribution in [3.8, 4) is 0 Å². The summed E-state index contributed by atoms with van der Waals surface area (Å²) >= 11 is 0. The average molecular weight is 330 g/mol. The van der Waals surface area contributed by atoms with Crippen LogP contribution >= 0.6 is 0 Å². The molecule has 6 nitrogen and oxygen atoms in total. The molecule has 0 spiro atoms. The summed E-state index contributed by atoms with van der Waals surface area (Å²) in [6, 6.07) is 7.63. The van der Waals surface area contributed by atoms with Gasteiger partial charge in [0.25, 0.3) is 5.91 Å². The summed E-state index contributed by atoms with van der Waals surface area (Å²) in [4.78, 5) is 24.5. The minimum atomic E-state index is -1.13. The van der Waals surface area contributed by atoms with E-state index in [1.165, 1.54) is 0 Å². The van der Waals surface area contributed by atoms with Crippen LogP contribution in [-0.4, -0.2) is 40.8 Å². The molecule has 6 heteroatoms. The van der Waals surface area contributed by atoms with E-state index in [2.05, 4.69) is 5.32 Å². The second kappa shape index (κ2) is 6.65. The number of fused-ring (bicyclic) bond motifs is 1. The molecular formula is C18H22N2O4. The number of amides is 1. The third-order valence-electron chi connectivity index (χ3n) is 4.79. The van der Waals surface area contributed by atoms with Crippen molar-refractivity contribution in [2.75, 3.05) is 13.7 Å². The van der Waals surface area contributed by atoms with Crippen molar-refractivity contribution >= 4 is 22.8 Å². The predicted octanol–water partition coefficient (Wildman–Crippen LogP) is 2.41. The van der Waals surface area contributed by atoms with E-state index in [1.807, 2.05) is 28.8 Å². The molecule has 0 radical (unpaired) electrons. The average Bonchev–Trinajstić information content (AvgIpc) is 3.18. The lowest BCUT2D eigenvalue weighted by atomic mass is 9.97. The number of carboxylic acids is 1. The zero-order chi connectivity index (χ0) is 17.2. The van der Waals surface area contributed by atoms with Crippen LogP contribution in [0.1, 0.15) is 36.0 Å². The number of aromatic nitrogens is 1. The molecular weight excluding hydrogens is 308 g/mol. The van der Waals surface area contributed by atoms with Crippen LogP contribution in [0.2, 0.25) is 0 Å². The summed E-state index contributed by atoms with van der Waals surface area (Å²) in [7, 11) is 1.63. The van der Waals surface area contributed by atoms with E-state index < -0.39 is 11.5 Å². The number of hydrogen-bond donors (Lipinski definition) is 2. The van der Waals surface area contributed by atoms with E-state index in [0.29, 0.717) is 31.6 Å². The van der Waals surface area contributed by atoms with E-state index in [-0.39, 0.29) is 5.91 Å². The number of carbonyl (C=O) groups excluding carboxylic acids is 1. The molecule has 1 aliphatic carbocycles. The summed E-state index contributed by atoms with van der Waals surface area (Å²) < 4.78 is 7.09.